The van der Waals surface area contributed by atoms with Gasteiger partial charge in [-0.3, -0.25) is 0 Å². The number of rotatable bonds is 3. The zero-order valence-corrected chi connectivity index (χ0v) is 6.52. The molecule has 0 aliphatic heterocycles. The Morgan fingerprint density at radius 3 is 2.90 bits per heavy atom. The summed E-state index contributed by atoms with van der Waals surface area (Å²) in [6.07, 6.45) is 3.08. The van der Waals surface area contributed by atoms with E-state index in [1.807, 2.05) is 19.3 Å². The van der Waals surface area contributed by atoms with Gasteiger partial charge in [0.1, 0.15) is 0 Å². The number of H-pyrrole nitrogens is 1. The highest BCUT2D eigenvalue weighted by Gasteiger charge is 2.04. The van der Waals surface area contributed by atoms with E-state index in [9.17, 15) is 0 Å². The Hall–Kier alpha value is -0.760. The van der Waals surface area contributed by atoms with Gasteiger partial charge in [-0.05, 0) is 25.6 Å². The summed E-state index contributed by atoms with van der Waals surface area (Å²) >= 11 is 0. The Morgan fingerprint density at radius 1 is 1.70 bits per heavy atom. The van der Waals surface area contributed by atoms with Crippen molar-refractivity contribution >= 4 is 0 Å². The van der Waals surface area contributed by atoms with E-state index >= 15 is 0 Å². The van der Waals surface area contributed by atoms with Crippen molar-refractivity contribution in [3.63, 3.8) is 0 Å². The minimum absolute atomic E-state index is 0.481. The first kappa shape index (κ1) is 7.35. The SMILES string of the molecule is CCC(NC)c1ccc[nH]1. The molecule has 0 radical (unpaired) electrons. The first-order chi connectivity index (χ1) is 4.88. The van der Waals surface area contributed by atoms with E-state index in [2.05, 4.69) is 23.3 Å². The lowest BCUT2D eigenvalue weighted by atomic mass is 10.2. The van der Waals surface area contributed by atoms with Crippen LogP contribution in [-0.2, 0) is 0 Å². The Kier molecular flexibility index (Phi) is 2.51. The van der Waals surface area contributed by atoms with E-state index in [-0.39, 0.29) is 0 Å². The Labute approximate surface area is 61.7 Å². The summed E-state index contributed by atoms with van der Waals surface area (Å²) in [6, 6.07) is 4.61. The number of hydrogen-bond acceptors (Lipinski definition) is 1. The van der Waals surface area contributed by atoms with E-state index in [4.69, 9.17) is 0 Å². The van der Waals surface area contributed by atoms with E-state index < -0.39 is 0 Å². The monoisotopic (exact) mass is 138 g/mol. The average Bonchev–Trinajstić information content (AvgIpc) is 2.43. The van der Waals surface area contributed by atoms with Crippen molar-refractivity contribution in [2.45, 2.75) is 19.4 Å². The molecule has 2 heteroatoms. The Bertz CT molecular complexity index is 163. The molecule has 1 atom stereocenters. The van der Waals surface area contributed by atoms with Crippen molar-refractivity contribution in [2.75, 3.05) is 7.05 Å². The second-order valence-corrected chi connectivity index (χ2v) is 2.37. The van der Waals surface area contributed by atoms with Gasteiger partial charge in [0.05, 0.1) is 0 Å². The van der Waals surface area contributed by atoms with Crippen LogP contribution in [0.15, 0.2) is 18.3 Å². The lowest BCUT2D eigenvalue weighted by Gasteiger charge is -2.10. The number of nitrogens with one attached hydrogen (secondary N) is 2. The molecule has 10 heavy (non-hydrogen) atoms. The largest absolute Gasteiger partial charge is 0.364 e. The van der Waals surface area contributed by atoms with Crippen LogP contribution in [0.3, 0.4) is 0 Å². The fourth-order valence-electron chi connectivity index (χ4n) is 1.14. The summed E-state index contributed by atoms with van der Waals surface area (Å²) in [5.74, 6) is 0. The van der Waals surface area contributed by atoms with Gasteiger partial charge in [0.15, 0.2) is 0 Å². The maximum absolute atomic E-state index is 3.22. The van der Waals surface area contributed by atoms with E-state index in [0.717, 1.165) is 6.42 Å². The molecule has 0 saturated heterocycles. The van der Waals surface area contributed by atoms with Crippen LogP contribution in [0.25, 0.3) is 0 Å². The van der Waals surface area contributed by atoms with Crippen molar-refractivity contribution in [3.05, 3.63) is 24.0 Å². The maximum atomic E-state index is 3.22. The van der Waals surface area contributed by atoms with Gasteiger partial charge in [0.2, 0.25) is 0 Å². The van der Waals surface area contributed by atoms with Crippen LogP contribution in [0, 0.1) is 0 Å². The van der Waals surface area contributed by atoms with Gasteiger partial charge >= 0.3 is 0 Å². The Balaban J connectivity index is 2.64. The van der Waals surface area contributed by atoms with Crippen molar-refractivity contribution < 1.29 is 0 Å². The third-order valence-corrected chi connectivity index (χ3v) is 1.75. The van der Waals surface area contributed by atoms with Gasteiger partial charge in [-0.2, -0.15) is 0 Å². The smallest absolute Gasteiger partial charge is 0.0467 e. The van der Waals surface area contributed by atoms with Gasteiger partial charge in [-0.15, -0.1) is 0 Å². The number of aromatic nitrogens is 1. The highest BCUT2D eigenvalue weighted by Crippen LogP contribution is 2.12. The van der Waals surface area contributed by atoms with E-state index in [0.29, 0.717) is 6.04 Å². The predicted octanol–water partition coefficient (Wildman–Crippen LogP) is 1.69. The summed E-state index contributed by atoms with van der Waals surface area (Å²) in [5.41, 5.74) is 1.27. The highest BCUT2D eigenvalue weighted by molar-refractivity contribution is 5.08. The topological polar surface area (TPSA) is 27.8 Å². The first-order valence-corrected chi connectivity index (χ1v) is 3.69. The fraction of sp³-hybridized carbons (Fsp3) is 0.500. The molecule has 1 aromatic heterocycles. The molecule has 0 aliphatic carbocycles. The highest BCUT2D eigenvalue weighted by atomic mass is 14.9. The number of hydrogen-bond donors (Lipinski definition) is 2. The summed E-state index contributed by atoms with van der Waals surface area (Å²) in [5, 5.41) is 3.22. The lowest BCUT2D eigenvalue weighted by Crippen LogP contribution is -2.15. The summed E-state index contributed by atoms with van der Waals surface area (Å²) in [4.78, 5) is 3.18. The van der Waals surface area contributed by atoms with Crippen LogP contribution >= 0.6 is 0 Å². The molecular weight excluding hydrogens is 124 g/mol. The zero-order chi connectivity index (χ0) is 7.40. The molecular formula is C8H14N2. The zero-order valence-electron chi connectivity index (χ0n) is 6.52. The molecule has 1 aromatic rings. The van der Waals surface area contributed by atoms with Gasteiger partial charge in [-0.1, -0.05) is 6.92 Å². The van der Waals surface area contributed by atoms with Crippen LogP contribution in [0.2, 0.25) is 0 Å². The van der Waals surface area contributed by atoms with Crippen molar-refractivity contribution in [3.8, 4) is 0 Å². The molecule has 0 fully saturated rings. The Morgan fingerprint density at radius 2 is 2.50 bits per heavy atom. The molecule has 1 rings (SSSR count). The van der Waals surface area contributed by atoms with Gasteiger partial charge in [0, 0.05) is 17.9 Å². The lowest BCUT2D eigenvalue weighted by molar-refractivity contribution is 0.564. The normalized spacial score (nSPS) is 13.4. The fourth-order valence-corrected chi connectivity index (χ4v) is 1.14. The molecule has 0 aliphatic rings. The van der Waals surface area contributed by atoms with Crippen LogP contribution in [0.4, 0.5) is 0 Å². The van der Waals surface area contributed by atoms with Crippen molar-refractivity contribution in [1.82, 2.24) is 10.3 Å². The molecule has 0 spiro atoms. The van der Waals surface area contributed by atoms with Crippen LogP contribution < -0.4 is 5.32 Å². The molecule has 0 aromatic carbocycles. The van der Waals surface area contributed by atoms with E-state index in [1.54, 1.807) is 0 Å². The third-order valence-electron chi connectivity index (χ3n) is 1.75. The molecule has 56 valence electrons. The van der Waals surface area contributed by atoms with Crippen molar-refractivity contribution in [2.24, 2.45) is 0 Å². The molecule has 1 heterocycles. The minimum atomic E-state index is 0.481. The minimum Gasteiger partial charge on any atom is -0.364 e. The molecule has 2 N–H and O–H groups in total. The maximum Gasteiger partial charge on any atom is 0.0467 e. The van der Waals surface area contributed by atoms with E-state index in [1.165, 1.54) is 5.69 Å². The summed E-state index contributed by atoms with van der Waals surface area (Å²) < 4.78 is 0. The van der Waals surface area contributed by atoms with Gasteiger partial charge in [0.25, 0.3) is 0 Å². The molecule has 1 unspecified atom stereocenters. The molecule has 0 bridgehead atoms. The molecule has 0 saturated carbocycles. The third kappa shape index (κ3) is 1.39. The predicted molar refractivity (Wildman–Crippen MR) is 42.9 cm³/mol. The summed E-state index contributed by atoms with van der Waals surface area (Å²) in [7, 11) is 1.98. The molecule has 0 amide bonds. The van der Waals surface area contributed by atoms with Crippen molar-refractivity contribution in [1.29, 1.82) is 0 Å². The standard InChI is InChI=1S/C8H14N2/c1-3-7(9-2)8-5-4-6-10-8/h4-7,9-10H,3H2,1-2H3. The van der Waals surface area contributed by atoms with Crippen LogP contribution in [0.5, 0.6) is 0 Å². The van der Waals surface area contributed by atoms with Crippen LogP contribution in [0.1, 0.15) is 25.1 Å². The van der Waals surface area contributed by atoms with Gasteiger partial charge in [-0.25, -0.2) is 0 Å². The van der Waals surface area contributed by atoms with Gasteiger partial charge < -0.3 is 10.3 Å². The molecule has 2 nitrogen and oxygen atoms in total. The average molecular weight is 138 g/mol. The second kappa shape index (κ2) is 3.42. The first-order valence-electron chi connectivity index (χ1n) is 3.69. The number of aromatic amines is 1. The van der Waals surface area contributed by atoms with Crippen LogP contribution in [-0.4, -0.2) is 12.0 Å². The summed E-state index contributed by atoms with van der Waals surface area (Å²) in [6.45, 7) is 2.17. The quantitative estimate of drug-likeness (QED) is 0.653. The second-order valence-electron chi connectivity index (χ2n) is 2.37.